The number of carbonyl (C=O) groups excluding carboxylic acids is 3. The lowest BCUT2D eigenvalue weighted by molar-refractivity contribution is -0.147. The quantitative estimate of drug-likeness (QED) is 0.812. The number of carbonyl (C=O) groups is 3. The first-order chi connectivity index (χ1) is 14.0. The number of hydrogen-bond acceptors (Lipinski definition) is 4. The number of fused-ring (bicyclic) bond motifs is 2. The lowest BCUT2D eigenvalue weighted by Gasteiger charge is -2.27. The molecule has 1 aliphatic carbocycles. The summed E-state index contributed by atoms with van der Waals surface area (Å²) in [5.41, 5.74) is 4.77. The molecule has 1 aliphatic heterocycles. The number of nitrogens with zero attached hydrogens (tertiary/aromatic N) is 1. The highest BCUT2D eigenvalue weighted by atomic mass is 16.5. The van der Waals surface area contributed by atoms with Gasteiger partial charge >= 0.3 is 5.97 Å². The normalized spacial score (nSPS) is 17.8. The molecule has 0 spiro atoms. The number of aryl methyl sites for hydroxylation is 2. The van der Waals surface area contributed by atoms with Gasteiger partial charge in [-0.25, -0.2) is 0 Å². The van der Waals surface area contributed by atoms with E-state index in [4.69, 9.17) is 4.74 Å². The summed E-state index contributed by atoms with van der Waals surface area (Å²) in [5.74, 6) is -0.918. The highest BCUT2D eigenvalue weighted by Gasteiger charge is 2.30. The van der Waals surface area contributed by atoms with Crippen molar-refractivity contribution in [2.45, 2.75) is 45.1 Å². The number of ether oxygens (including phenoxy) is 1. The maximum absolute atomic E-state index is 12.9. The van der Waals surface area contributed by atoms with Crippen molar-refractivity contribution in [2.24, 2.45) is 0 Å². The van der Waals surface area contributed by atoms with E-state index >= 15 is 0 Å². The number of esters is 1. The van der Waals surface area contributed by atoms with Gasteiger partial charge in [0.15, 0.2) is 6.61 Å². The lowest BCUT2D eigenvalue weighted by atomic mass is 10.0. The van der Waals surface area contributed by atoms with Crippen LogP contribution >= 0.6 is 0 Å². The maximum Gasteiger partial charge on any atom is 0.310 e. The van der Waals surface area contributed by atoms with Crippen molar-refractivity contribution in [1.82, 2.24) is 0 Å². The largest absolute Gasteiger partial charge is 0.455 e. The Hall–Kier alpha value is -3.15. The van der Waals surface area contributed by atoms with Gasteiger partial charge in [-0.05, 0) is 55.0 Å². The fourth-order valence-corrected chi connectivity index (χ4v) is 4.13. The van der Waals surface area contributed by atoms with Crippen LogP contribution in [0.1, 0.15) is 36.5 Å². The zero-order valence-corrected chi connectivity index (χ0v) is 16.4. The molecule has 2 aromatic rings. The van der Waals surface area contributed by atoms with Gasteiger partial charge in [0, 0.05) is 12.5 Å². The molecule has 6 nitrogen and oxygen atoms in total. The summed E-state index contributed by atoms with van der Waals surface area (Å²) < 4.78 is 5.28. The minimum absolute atomic E-state index is 0.145. The van der Waals surface area contributed by atoms with Crippen LogP contribution in [0.5, 0.6) is 0 Å². The molecular weight excluding hydrogens is 368 g/mol. The smallest absolute Gasteiger partial charge is 0.310 e. The standard InChI is InChI=1S/C23H24N2O4/c1-15-11-21(26)24-19-7-2-3-8-20(19)25(15)22(27)14-29-23(28)13-16-9-10-17-5-4-6-18(17)12-16/h2-3,7-10,12,15H,4-6,11,13-14H2,1H3,(H,24,26)/t15-/m1/s1. The molecule has 1 N–H and O–H groups in total. The van der Waals surface area contributed by atoms with E-state index in [9.17, 15) is 14.4 Å². The van der Waals surface area contributed by atoms with Gasteiger partial charge in [0.2, 0.25) is 5.91 Å². The molecule has 2 aliphatic rings. The Morgan fingerprint density at radius 1 is 1.14 bits per heavy atom. The first kappa shape index (κ1) is 19.2. The number of benzene rings is 2. The van der Waals surface area contributed by atoms with Gasteiger partial charge in [-0.2, -0.15) is 0 Å². The molecule has 0 radical (unpaired) electrons. The number of hydrogen-bond donors (Lipinski definition) is 1. The summed E-state index contributed by atoms with van der Waals surface area (Å²) in [6.07, 6.45) is 3.64. The molecule has 0 saturated heterocycles. The molecule has 4 rings (SSSR count). The summed E-state index contributed by atoms with van der Waals surface area (Å²) >= 11 is 0. The number of rotatable bonds is 4. The summed E-state index contributed by atoms with van der Waals surface area (Å²) in [4.78, 5) is 38.7. The molecule has 2 aromatic carbocycles. The van der Waals surface area contributed by atoms with Crippen LogP contribution in [-0.2, 0) is 38.4 Å². The van der Waals surface area contributed by atoms with E-state index < -0.39 is 5.97 Å². The zero-order valence-electron chi connectivity index (χ0n) is 16.4. The van der Waals surface area contributed by atoms with E-state index in [-0.39, 0.29) is 37.3 Å². The van der Waals surface area contributed by atoms with Crippen LogP contribution in [0.2, 0.25) is 0 Å². The van der Waals surface area contributed by atoms with Crippen molar-refractivity contribution < 1.29 is 19.1 Å². The van der Waals surface area contributed by atoms with Gasteiger partial charge in [-0.3, -0.25) is 14.4 Å². The van der Waals surface area contributed by atoms with Gasteiger partial charge < -0.3 is 15.0 Å². The number of amides is 2. The topological polar surface area (TPSA) is 75.7 Å². The minimum Gasteiger partial charge on any atom is -0.455 e. The van der Waals surface area contributed by atoms with E-state index in [1.54, 1.807) is 18.2 Å². The molecule has 0 fully saturated rings. The van der Waals surface area contributed by atoms with Gasteiger partial charge in [0.05, 0.1) is 17.8 Å². The van der Waals surface area contributed by atoms with Crippen LogP contribution in [0.3, 0.4) is 0 Å². The predicted molar refractivity (Wildman–Crippen MR) is 110 cm³/mol. The second kappa shape index (κ2) is 8.07. The van der Waals surface area contributed by atoms with Crippen molar-refractivity contribution >= 4 is 29.2 Å². The van der Waals surface area contributed by atoms with Crippen LogP contribution in [-0.4, -0.2) is 30.4 Å². The molecule has 0 unspecified atom stereocenters. The van der Waals surface area contributed by atoms with E-state index in [0.29, 0.717) is 11.4 Å². The van der Waals surface area contributed by atoms with Crippen molar-refractivity contribution in [1.29, 1.82) is 0 Å². The summed E-state index contributed by atoms with van der Waals surface area (Å²) in [5, 5.41) is 2.82. The molecule has 1 heterocycles. The second-order valence-corrected chi connectivity index (χ2v) is 7.68. The van der Waals surface area contributed by atoms with Crippen molar-refractivity contribution in [3.05, 3.63) is 59.2 Å². The Bertz CT molecular complexity index is 969. The second-order valence-electron chi connectivity index (χ2n) is 7.68. The van der Waals surface area contributed by atoms with Gasteiger partial charge in [-0.1, -0.05) is 30.3 Å². The monoisotopic (exact) mass is 392 g/mol. The summed E-state index contributed by atoms with van der Waals surface area (Å²) in [7, 11) is 0. The summed E-state index contributed by atoms with van der Waals surface area (Å²) in [6.45, 7) is 1.46. The highest BCUT2D eigenvalue weighted by molar-refractivity contribution is 6.05. The third-order valence-corrected chi connectivity index (χ3v) is 5.50. The number of anilines is 2. The van der Waals surface area contributed by atoms with Crippen molar-refractivity contribution in [3.63, 3.8) is 0 Å². The van der Waals surface area contributed by atoms with Crippen molar-refractivity contribution in [3.8, 4) is 0 Å². The molecule has 29 heavy (non-hydrogen) atoms. The van der Waals surface area contributed by atoms with E-state index in [1.807, 2.05) is 19.1 Å². The molecule has 6 heteroatoms. The first-order valence-corrected chi connectivity index (χ1v) is 9.98. The van der Waals surface area contributed by atoms with Crippen LogP contribution in [0.25, 0.3) is 0 Å². The SMILES string of the molecule is C[C@@H]1CC(=O)Nc2ccccc2N1C(=O)COC(=O)Cc1ccc2c(c1)CCC2. The number of para-hydroxylation sites is 2. The predicted octanol–water partition coefficient (Wildman–Crippen LogP) is 3.02. The molecule has 0 saturated carbocycles. The van der Waals surface area contributed by atoms with E-state index in [0.717, 1.165) is 24.8 Å². The molecule has 0 bridgehead atoms. The highest BCUT2D eigenvalue weighted by Crippen LogP contribution is 2.31. The Labute approximate surface area is 169 Å². The maximum atomic E-state index is 12.9. The molecule has 150 valence electrons. The van der Waals surface area contributed by atoms with Gasteiger partial charge in [0.1, 0.15) is 0 Å². The first-order valence-electron chi connectivity index (χ1n) is 9.98. The average Bonchev–Trinajstić information content (AvgIpc) is 3.10. The van der Waals surface area contributed by atoms with Crippen LogP contribution in [0.4, 0.5) is 11.4 Å². The Morgan fingerprint density at radius 3 is 2.79 bits per heavy atom. The third kappa shape index (κ3) is 4.16. The Balaban J connectivity index is 1.41. The van der Waals surface area contributed by atoms with E-state index in [2.05, 4.69) is 17.4 Å². The van der Waals surface area contributed by atoms with Crippen molar-refractivity contribution in [2.75, 3.05) is 16.8 Å². The fourth-order valence-electron chi connectivity index (χ4n) is 4.13. The molecular formula is C23H24N2O4. The molecule has 0 aromatic heterocycles. The lowest BCUT2D eigenvalue weighted by Crippen LogP contribution is -2.41. The average molecular weight is 392 g/mol. The van der Waals surface area contributed by atoms with Gasteiger partial charge in [0.25, 0.3) is 5.91 Å². The Kier molecular flexibility index (Phi) is 5.34. The fraction of sp³-hybridized carbons (Fsp3) is 0.348. The summed E-state index contributed by atoms with van der Waals surface area (Å²) in [6, 6.07) is 12.9. The van der Waals surface area contributed by atoms with E-state index in [1.165, 1.54) is 16.0 Å². The van der Waals surface area contributed by atoms with Gasteiger partial charge in [-0.15, -0.1) is 0 Å². The van der Waals surface area contributed by atoms with Crippen LogP contribution in [0.15, 0.2) is 42.5 Å². The number of nitrogens with one attached hydrogen (secondary N) is 1. The minimum atomic E-state index is -0.429. The molecule has 1 atom stereocenters. The van der Waals surface area contributed by atoms with Crippen LogP contribution in [0, 0.1) is 0 Å². The Morgan fingerprint density at radius 2 is 1.93 bits per heavy atom. The molecule has 2 amide bonds. The third-order valence-electron chi connectivity index (χ3n) is 5.50. The zero-order chi connectivity index (χ0) is 20.4. The van der Waals surface area contributed by atoms with Crippen LogP contribution < -0.4 is 10.2 Å².